The predicted octanol–water partition coefficient (Wildman–Crippen LogP) is 2.48. The molecule has 2 heterocycles. The Morgan fingerprint density at radius 3 is 3.04 bits per heavy atom. The van der Waals surface area contributed by atoms with Gasteiger partial charge in [-0.3, -0.25) is 9.69 Å². The van der Waals surface area contributed by atoms with Crippen molar-refractivity contribution in [1.29, 1.82) is 5.26 Å². The maximum absolute atomic E-state index is 12.1. The van der Waals surface area contributed by atoms with E-state index in [-0.39, 0.29) is 11.9 Å². The summed E-state index contributed by atoms with van der Waals surface area (Å²) in [7, 11) is 0. The van der Waals surface area contributed by atoms with Crippen LogP contribution in [0.3, 0.4) is 0 Å². The van der Waals surface area contributed by atoms with Gasteiger partial charge in [-0.15, -0.1) is 0 Å². The van der Waals surface area contributed by atoms with Crippen molar-refractivity contribution in [2.75, 3.05) is 13.1 Å². The summed E-state index contributed by atoms with van der Waals surface area (Å²) in [6, 6.07) is 10.0. The van der Waals surface area contributed by atoms with Crippen LogP contribution in [0, 0.1) is 18.3 Å². The molecule has 130 valence electrons. The molecule has 0 N–H and O–H groups in total. The molecule has 6 nitrogen and oxygen atoms in total. The molecule has 0 bridgehead atoms. The molecule has 1 aliphatic rings. The Kier molecular flexibility index (Phi) is 5.15. The first-order chi connectivity index (χ1) is 12.0. The van der Waals surface area contributed by atoms with Crippen LogP contribution in [-0.2, 0) is 17.9 Å². The lowest BCUT2D eigenvalue weighted by Crippen LogP contribution is -2.40. The topological polar surface area (TPSA) is 73.4 Å². The summed E-state index contributed by atoms with van der Waals surface area (Å²) in [5.41, 5.74) is 1.80. The molecule has 25 heavy (non-hydrogen) atoms. The minimum absolute atomic E-state index is 0.0363. The average molecular weight is 338 g/mol. The van der Waals surface area contributed by atoms with Crippen molar-refractivity contribution in [2.45, 2.75) is 39.4 Å². The number of nitrogens with zero attached hydrogens (tertiary/aromatic N) is 4. The number of amides is 1. The summed E-state index contributed by atoms with van der Waals surface area (Å²) in [6.07, 6.45) is 2.61. The van der Waals surface area contributed by atoms with Crippen molar-refractivity contribution < 1.29 is 9.21 Å². The Morgan fingerprint density at radius 2 is 2.36 bits per heavy atom. The first-order valence-corrected chi connectivity index (χ1v) is 8.45. The molecular formula is C19H22N4O2. The van der Waals surface area contributed by atoms with Gasteiger partial charge in [-0.1, -0.05) is 12.1 Å². The number of nitriles is 1. The molecule has 0 spiro atoms. The van der Waals surface area contributed by atoms with Crippen LogP contribution < -0.4 is 0 Å². The fourth-order valence-corrected chi connectivity index (χ4v) is 3.33. The summed E-state index contributed by atoms with van der Waals surface area (Å²) >= 11 is 0. The van der Waals surface area contributed by atoms with Gasteiger partial charge >= 0.3 is 0 Å². The van der Waals surface area contributed by atoms with Gasteiger partial charge in [0, 0.05) is 32.6 Å². The SMILES string of the molecule is CC(=O)N(Cc1ncc(C)o1)[C@H]1CCN(Cc2cccc(C#N)c2)C1. The van der Waals surface area contributed by atoms with E-state index in [0.717, 1.165) is 37.4 Å². The van der Waals surface area contributed by atoms with Crippen LogP contribution in [0.1, 0.15) is 36.1 Å². The molecule has 0 aliphatic carbocycles. The third kappa shape index (κ3) is 4.25. The quantitative estimate of drug-likeness (QED) is 0.837. The maximum atomic E-state index is 12.1. The Bertz CT molecular complexity index is 793. The van der Waals surface area contributed by atoms with E-state index in [1.165, 1.54) is 0 Å². The summed E-state index contributed by atoms with van der Waals surface area (Å²) < 4.78 is 5.52. The number of aryl methyl sites for hydroxylation is 1. The normalized spacial score (nSPS) is 17.4. The Balaban J connectivity index is 1.63. The van der Waals surface area contributed by atoms with Crippen LogP contribution in [0.5, 0.6) is 0 Å². The molecule has 1 atom stereocenters. The summed E-state index contributed by atoms with van der Waals surface area (Å²) in [6.45, 7) is 6.38. The smallest absolute Gasteiger partial charge is 0.220 e. The van der Waals surface area contributed by atoms with Gasteiger partial charge in [-0.05, 0) is 31.0 Å². The molecule has 1 aromatic heterocycles. The molecule has 0 unspecified atom stereocenters. The van der Waals surface area contributed by atoms with Gasteiger partial charge in [0.05, 0.1) is 24.4 Å². The second-order valence-corrected chi connectivity index (χ2v) is 6.50. The molecule has 2 aromatic rings. The molecule has 1 amide bonds. The summed E-state index contributed by atoms with van der Waals surface area (Å²) in [4.78, 5) is 20.5. The largest absolute Gasteiger partial charge is 0.444 e. The zero-order chi connectivity index (χ0) is 17.8. The highest BCUT2D eigenvalue weighted by Crippen LogP contribution is 2.20. The van der Waals surface area contributed by atoms with Crippen LogP contribution in [0.4, 0.5) is 0 Å². The lowest BCUT2D eigenvalue weighted by Gasteiger charge is -2.27. The van der Waals surface area contributed by atoms with Crippen molar-refractivity contribution in [1.82, 2.24) is 14.8 Å². The lowest BCUT2D eigenvalue weighted by atomic mass is 10.1. The highest BCUT2D eigenvalue weighted by Gasteiger charge is 2.30. The van der Waals surface area contributed by atoms with Gasteiger partial charge < -0.3 is 9.32 Å². The second-order valence-electron chi connectivity index (χ2n) is 6.50. The van der Waals surface area contributed by atoms with E-state index < -0.39 is 0 Å². The molecule has 3 rings (SSSR count). The number of carbonyl (C=O) groups excluding carboxylic acids is 1. The summed E-state index contributed by atoms with van der Waals surface area (Å²) in [5.74, 6) is 1.37. The number of likely N-dealkylation sites (tertiary alicyclic amines) is 1. The number of aromatic nitrogens is 1. The van der Waals surface area contributed by atoms with Crippen molar-refractivity contribution in [3.8, 4) is 6.07 Å². The Morgan fingerprint density at radius 1 is 1.52 bits per heavy atom. The van der Waals surface area contributed by atoms with Crippen molar-refractivity contribution in [2.24, 2.45) is 0 Å². The fourth-order valence-electron chi connectivity index (χ4n) is 3.33. The van der Waals surface area contributed by atoms with Gasteiger partial charge in [0.1, 0.15) is 5.76 Å². The highest BCUT2D eigenvalue weighted by molar-refractivity contribution is 5.73. The number of rotatable bonds is 5. The molecule has 1 fully saturated rings. The van der Waals surface area contributed by atoms with Crippen molar-refractivity contribution >= 4 is 5.91 Å². The first-order valence-electron chi connectivity index (χ1n) is 8.45. The van der Waals surface area contributed by atoms with Gasteiger partial charge in [-0.25, -0.2) is 4.98 Å². The van der Waals surface area contributed by atoms with E-state index in [2.05, 4.69) is 16.0 Å². The Hall–Kier alpha value is -2.65. The minimum atomic E-state index is 0.0363. The first kappa shape index (κ1) is 17.2. The minimum Gasteiger partial charge on any atom is -0.444 e. The van der Waals surface area contributed by atoms with Crippen molar-refractivity contribution in [3.63, 3.8) is 0 Å². The van der Waals surface area contributed by atoms with Gasteiger partial charge in [0.15, 0.2) is 0 Å². The number of carbonyl (C=O) groups is 1. The number of hydrogen-bond donors (Lipinski definition) is 0. The third-order valence-corrected chi connectivity index (χ3v) is 4.53. The van der Waals surface area contributed by atoms with Crippen LogP contribution in [-0.4, -0.2) is 39.8 Å². The number of benzene rings is 1. The maximum Gasteiger partial charge on any atom is 0.220 e. The second kappa shape index (κ2) is 7.49. The molecule has 1 aromatic carbocycles. The molecular weight excluding hydrogens is 316 g/mol. The average Bonchev–Trinajstić information content (AvgIpc) is 3.21. The monoisotopic (exact) mass is 338 g/mol. The number of oxazole rings is 1. The summed E-state index contributed by atoms with van der Waals surface area (Å²) in [5, 5.41) is 9.02. The van der Waals surface area contributed by atoms with Crippen molar-refractivity contribution in [3.05, 3.63) is 53.2 Å². The van der Waals surface area contributed by atoms with Gasteiger partial charge in [0.2, 0.25) is 11.8 Å². The predicted molar refractivity (Wildman–Crippen MR) is 92.3 cm³/mol. The molecule has 0 saturated carbocycles. The Labute approximate surface area is 147 Å². The van der Waals surface area contributed by atoms with Gasteiger partial charge in [-0.2, -0.15) is 5.26 Å². The van der Waals surface area contributed by atoms with Crippen LogP contribution in [0.2, 0.25) is 0 Å². The standard InChI is InChI=1S/C19H22N4O2/c1-14-10-21-19(25-14)13-23(15(2)24)18-6-7-22(12-18)11-17-5-3-4-16(8-17)9-20/h3-5,8,10,18H,6-7,11-13H2,1-2H3/t18-/m0/s1. The third-order valence-electron chi connectivity index (χ3n) is 4.53. The van der Waals surface area contributed by atoms with E-state index in [1.807, 2.05) is 36.1 Å². The zero-order valence-electron chi connectivity index (χ0n) is 14.6. The van der Waals surface area contributed by atoms with Gasteiger partial charge in [0.25, 0.3) is 0 Å². The zero-order valence-corrected chi connectivity index (χ0v) is 14.6. The van der Waals surface area contributed by atoms with E-state index in [4.69, 9.17) is 9.68 Å². The molecule has 0 radical (unpaired) electrons. The van der Waals surface area contributed by atoms with E-state index >= 15 is 0 Å². The molecule has 1 saturated heterocycles. The fraction of sp³-hybridized carbons (Fsp3) is 0.421. The number of hydrogen-bond acceptors (Lipinski definition) is 5. The van der Waals surface area contributed by atoms with Crippen LogP contribution in [0.25, 0.3) is 0 Å². The molecule has 6 heteroatoms. The highest BCUT2D eigenvalue weighted by atomic mass is 16.4. The molecule has 1 aliphatic heterocycles. The van der Waals surface area contributed by atoms with E-state index in [0.29, 0.717) is 18.0 Å². The lowest BCUT2D eigenvalue weighted by molar-refractivity contribution is -0.132. The van der Waals surface area contributed by atoms with Crippen LogP contribution in [0.15, 0.2) is 34.9 Å². The van der Waals surface area contributed by atoms with Crippen LogP contribution >= 0.6 is 0 Å². The van der Waals surface area contributed by atoms with E-state index in [9.17, 15) is 4.79 Å². The van der Waals surface area contributed by atoms with E-state index in [1.54, 1.807) is 13.1 Å².